The first-order chi connectivity index (χ1) is 18.4. The molecule has 3 fully saturated rings. The number of aromatic amines is 2. The van der Waals surface area contributed by atoms with E-state index in [-0.39, 0.29) is 23.1 Å². The van der Waals surface area contributed by atoms with Crippen molar-refractivity contribution in [2.24, 2.45) is 5.92 Å². The summed E-state index contributed by atoms with van der Waals surface area (Å²) < 4.78 is 17.2. The number of nitrogens with zero attached hydrogens (tertiary/aromatic N) is 3. The molecule has 8 rings (SSSR count). The van der Waals surface area contributed by atoms with Crippen LogP contribution >= 0.6 is 0 Å². The van der Waals surface area contributed by atoms with Gasteiger partial charge in [0.2, 0.25) is 0 Å². The van der Waals surface area contributed by atoms with Gasteiger partial charge in [-0.05, 0) is 69.1 Å². The number of fused-ring (bicyclic) bond motifs is 5. The number of aromatic nitrogens is 4. The van der Waals surface area contributed by atoms with Gasteiger partial charge in [0.25, 0.3) is 5.56 Å². The Morgan fingerprint density at radius 2 is 1.92 bits per heavy atom. The van der Waals surface area contributed by atoms with Crippen LogP contribution in [0.4, 0.5) is 10.1 Å². The molecule has 0 aliphatic carbocycles. The molecule has 2 aromatic carbocycles. The quantitative estimate of drug-likeness (QED) is 0.298. The van der Waals surface area contributed by atoms with E-state index in [0.29, 0.717) is 39.5 Å². The topological polar surface area (TPSA) is 98.8 Å². The van der Waals surface area contributed by atoms with E-state index < -0.39 is 5.82 Å². The average molecular weight is 511 g/mol. The number of H-pyrrole nitrogens is 2. The Morgan fingerprint density at radius 1 is 1.11 bits per heavy atom. The van der Waals surface area contributed by atoms with E-state index in [1.807, 2.05) is 24.3 Å². The zero-order valence-corrected chi connectivity index (χ0v) is 20.9. The first kappa shape index (κ1) is 22.9. The molecule has 3 aliphatic rings. The van der Waals surface area contributed by atoms with Crippen LogP contribution in [0.25, 0.3) is 39.0 Å². The molecule has 3 aromatic heterocycles. The minimum Gasteiger partial charge on any atom is -0.379 e. The number of halogens is 1. The van der Waals surface area contributed by atoms with Crippen molar-refractivity contribution >= 4 is 33.4 Å². The molecule has 38 heavy (non-hydrogen) atoms. The molecule has 0 saturated carbocycles. The van der Waals surface area contributed by atoms with Gasteiger partial charge in [-0.15, -0.1) is 0 Å². The second kappa shape index (κ2) is 8.66. The molecule has 6 heterocycles. The third-order valence-corrected chi connectivity index (χ3v) is 8.07. The monoisotopic (exact) mass is 510 g/mol. The van der Waals surface area contributed by atoms with Gasteiger partial charge in [0.05, 0.1) is 27.9 Å². The third kappa shape index (κ3) is 3.73. The molecule has 192 valence electrons. The van der Waals surface area contributed by atoms with Crippen molar-refractivity contribution in [1.82, 2.24) is 24.4 Å². The lowest BCUT2D eigenvalue weighted by molar-refractivity contribution is 0.0976. The summed E-state index contributed by atoms with van der Waals surface area (Å²) in [7, 11) is 0. The Hall–Kier alpha value is -4.24. The molecule has 8 nitrogen and oxygen atoms in total. The van der Waals surface area contributed by atoms with Crippen LogP contribution in [0.15, 0.2) is 59.7 Å². The van der Waals surface area contributed by atoms with Crippen LogP contribution in [0, 0.1) is 11.7 Å². The van der Waals surface area contributed by atoms with Crippen molar-refractivity contribution in [1.29, 1.82) is 0 Å². The standard InChI is InChI=1S/C29H27FN6O2/c1-16(37)18-8-11-36(14-18)25-13-23-19(12-20(25)30)27(31-24-15-35-9-6-17(24)7-10-35)26(29(38)34-23)28-32-21-4-2-3-5-22(21)33-28/h2-5,8,11-14,17,24H,6-7,9-10,15H2,1H3,(H,32,33)(H2,31,34,38)/t24-/m1/s1. The van der Waals surface area contributed by atoms with Crippen LogP contribution in [-0.2, 0) is 0 Å². The van der Waals surface area contributed by atoms with Crippen molar-refractivity contribution in [3.8, 4) is 17.1 Å². The predicted octanol–water partition coefficient (Wildman–Crippen LogP) is 4.71. The van der Waals surface area contributed by atoms with Gasteiger partial charge in [0, 0.05) is 35.9 Å². The molecule has 5 aromatic rings. The van der Waals surface area contributed by atoms with E-state index in [0.717, 1.165) is 43.5 Å². The number of hydrogen-bond donors (Lipinski definition) is 3. The average Bonchev–Trinajstić information content (AvgIpc) is 3.57. The van der Waals surface area contributed by atoms with Crippen molar-refractivity contribution in [2.75, 3.05) is 25.0 Å². The molecule has 0 amide bonds. The number of piperidine rings is 3. The molecule has 0 unspecified atom stereocenters. The minimum atomic E-state index is -0.456. The highest BCUT2D eigenvalue weighted by Gasteiger charge is 2.35. The summed E-state index contributed by atoms with van der Waals surface area (Å²) in [6.45, 7) is 4.54. The molecule has 0 spiro atoms. The molecule has 3 N–H and O–H groups in total. The van der Waals surface area contributed by atoms with Crippen LogP contribution in [0.2, 0.25) is 0 Å². The van der Waals surface area contributed by atoms with Crippen LogP contribution in [0.3, 0.4) is 0 Å². The van der Waals surface area contributed by atoms with Gasteiger partial charge in [-0.1, -0.05) is 12.1 Å². The lowest BCUT2D eigenvalue weighted by Gasteiger charge is -2.45. The maximum absolute atomic E-state index is 15.7. The lowest BCUT2D eigenvalue weighted by Crippen LogP contribution is -2.53. The third-order valence-electron chi connectivity index (χ3n) is 8.07. The fourth-order valence-electron chi connectivity index (χ4n) is 6.02. The second-order valence-corrected chi connectivity index (χ2v) is 10.4. The van der Waals surface area contributed by atoms with Crippen molar-refractivity contribution in [2.45, 2.75) is 25.8 Å². The number of para-hydroxylation sites is 2. The Kier molecular flexibility index (Phi) is 5.23. The number of imidazole rings is 1. The number of pyridine rings is 1. The van der Waals surface area contributed by atoms with Crippen molar-refractivity contribution in [3.63, 3.8) is 0 Å². The molecule has 2 bridgehead atoms. The van der Waals surface area contributed by atoms with Gasteiger partial charge in [0.1, 0.15) is 17.2 Å². The molecule has 1 atom stereocenters. The highest BCUT2D eigenvalue weighted by Crippen LogP contribution is 2.37. The fraction of sp³-hybridized carbons (Fsp3) is 0.276. The van der Waals surface area contributed by atoms with Crippen molar-refractivity contribution < 1.29 is 9.18 Å². The minimum absolute atomic E-state index is 0.0992. The summed E-state index contributed by atoms with van der Waals surface area (Å²) in [5.74, 6) is 0.381. The van der Waals surface area contributed by atoms with Gasteiger partial charge in [-0.3, -0.25) is 9.59 Å². The second-order valence-electron chi connectivity index (χ2n) is 10.4. The van der Waals surface area contributed by atoms with Gasteiger partial charge >= 0.3 is 0 Å². The number of benzene rings is 2. The van der Waals surface area contributed by atoms with E-state index in [9.17, 15) is 9.59 Å². The number of Topliss-reactive ketones (excluding diaryl/α,β-unsaturated/α-hetero) is 1. The van der Waals surface area contributed by atoms with Crippen LogP contribution in [0.1, 0.15) is 30.1 Å². The van der Waals surface area contributed by atoms with E-state index in [2.05, 4.69) is 20.2 Å². The van der Waals surface area contributed by atoms with Gasteiger partial charge < -0.3 is 24.8 Å². The molecule has 0 radical (unpaired) electrons. The number of nitrogens with one attached hydrogen (secondary N) is 3. The smallest absolute Gasteiger partial charge is 0.261 e. The van der Waals surface area contributed by atoms with Crippen LogP contribution < -0.4 is 10.9 Å². The molecule has 9 heteroatoms. The number of carbonyl (C=O) groups excluding carboxylic acids is 1. The van der Waals surface area contributed by atoms with Crippen LogP contribution in [0.5, 0.6) is 0 Å². The molecule has 3 saturated heterocycles. The van der Waals surface area contributed by atoms with Crippen molar-refractivity contribution in [3.05, 3.63) is 76.6 Å². The van der Waals surface area contributed by atoms with E-state index in [4.69, 9.17) is 4.98 Å². The first-order valence-electron chi connectivity index (χ1n) is 13.0. The first-order valence-corrected chi connectivity index (χ1v) is 13.0. The number of ketones is 1. The summed E-state index contributed by atoms with van der Waals surface area (Å²) in [4.78, 5) is 38.8. The Balaban J connectivity index is 1.42. The Morgan fingerprint density at radius 3 is 2.63 bits per heavy atom. The van der Waals surface area contributed by atoms with Crippen LogP contribution in [-0.4, -0.2) is 55.9 Å². The number of carbonyl (C=O) groups is 1. The molecular weight excluding hydrogens is 483 g/mol. The normalized spacial score (nSPS) is 20.8. The maximum atomic E-state index is 15.7. The summed E-state index contributed by atoms with van der Waals surface area (Å²) in [6, 6.07) is 12.5. The lowest BCUT2D eigenvalue weighted by atomic mass is 9.83. The summed E-state index contributed by atoms with van der Waals surface area (Å²) in [5.41, 5.74) is 3.48. The number of hydrogen-bond acceptors (Lipinski definition) is 5. The maximum Gasteiger partial charge on any atom is 0.261 e. The Labute approximate surface area is 217 Å². The Bertz CT molecular complexity index is 1740. The zero-order valence-electron chi connectivity index (χ0n) is 20.9. The van der Waals surface area contributed by atoms with E-state index in [1.54, 1.807) is 29.1 Å². The van der Waals surface area contributed by atoms with E-state index in [1.165, 1.54) is 13.0 Å². The van der Waals surface area contributed by atoms with Gasteiger partial charge in [-0.2, -0.15) is 0 Å². The zero-order chi connectivity index (χ0) is 26.0. The number of rotatable bonds is 5. The summed E-state index contributed by atoms with van der Waals surface area (Å²) >= 11 is 0. The van der Waals surface area contributed by atoms with Gasteiger partial charge in [0.15, 0.2) is 5.78 Å². The predicted molar refractivity (Wildman–Crippen MR) is 146 cm³/mol. The van der Waals surface area contributed by atoms with Gasteiger partial charge in [-0.25, -0.2) is 9.37 Å². The SMILES string of the molecule is CC(=O)c1ccn(-c2cc3[nH]c(=O)c(-c4nc5ccccc5[nH]4)c(N[C@@H]4CN5CCC4CC5)c3cc2F)c1. The summed E-state index contributed by atoms with van der Waals surface area (Å²) in [5, 5.41) is 4.25. The molecule has 3 aliphatic heterocycles. The highest BCUT2D eigenvalue weighted by atomic mass is 19.1. The fourth-order valence-corrected chi connectivity index (χ4v) is 6.02. The molecular formula is C29H27FN6O2. The number of anilines is 1. The summed E-state index contributed by atoms with van der Waals surface area (Å²) in [6.07, 6.45) is 5.45. The largest absolute Gasteiger partial charge is 0.379 e. The van der Waals surface area contributed by atoms with E-state index >= 15 is 4.39 Å². The highest BCUT2D eigenvalue weighted by molar-refractivity contribution is 6.00.